The van der Waals surface area contributed by atoms with Crippen LogP contribution in [0.3, 0.4) is 0 Å². The molecule has 0 fully saturated rings. The highest BCUT2D eigenvalue weighted by Gasteiger charge is 2.25. The van der Waals surface area contributed by atoms with E-state index in [0.717, 1.165) is 47.0 Å². The van der Waals surface area contributed by atoms with E-state index in [-0.39, 0.29) is 22.2 Å². The molecule has 2 aromatic carbocycles. The zero-order chi connectivity index (χ0) is 21.5. The topological polar surface area (TPSA) is 82.3 Å². The van der Waals surface area contributed by atoms with Crippen molar-refractivity contribution in [2.75, 3.05) is 18.9 Å². The summed E-state index contributed by atoms with van der Waals surface area (Å²) in [7, 11) is -2.51. The van der Waals surface area contributed by atoms with Gasteiger partial charge in [-0.3, -0.25) is 4.79 Å². The summed E-state index contributed by atoms with van der Waals surface area (Å²) in [5.41, 5.74) is 3.57. The molecule has 0 saturated carbocycles. The second-order valence-corrected chi connectivity index (χ2v) is 9.89. The number of carbonyl (C=O) groups is 1. The predicted octanol–water partition coefficient (Wildman–Crippen LogP) is 4.10. The van der Waals surface area contributed by atoms with Gasteiger partial charge in [0.1, 0.15) is 5.82 Å². The number of nitrogens with one attached hydrogen (secondary N) is 2. The molecule has 0 saturated heterocycles. The number of anilines is 1. The lowest BCUT2D eigenvalue weighted by atomic mass is 9.96. The molecule has 0 radical (unpaired) electrons. The van der Waals surface area contributed by atoms with Gasteiger partial charge in [-0.15, -0.1) is 0 Å². The highest BCUT2D eigenvalue weighted by molar-refractivity contribution is 7.89. The lowest BCUT2D eigenvalue weighted by molar-refractivity contribution is -0.116. The molecule has 0 unspecified atom stereocenters. The summed E-state index contributed by atoms with van der Waals surface area (Å²) in [6.07, 6.45) is 4.11. The molecule has 1 aromatic heterocycles. The third kappa shape index (κ3) is 3.95. The van der Waals surface area contributed by atoms with E-state index in [0.29, 0.717) is 0 Å². The highest BCUT2D eigenvalue weighted by atomic mass is 35.5. The van der Waals surface area contributed by atoms with E-state index < -0.39 is 21.7 Å². The van der Waals surface area contributed by atoms with Crippen LogP contribution < -0.4 is 5.32 Å². The average Bonchev–Trinajstić information content (AvgIpc) is 3.08. The normalized spacial score (nSPS) is 14.1. The molecule has 0 bridgehead atoms. The third-order valence-electron chi connectivity index (χ3n) is 5.35. The highest BCUT2D eigenvalue weighted by Crippen LogP contribution is 2.31. The van der Waals surface area contributed by atoms with Gasteiger partial charge >= 0.3 is 0 Å². The summed E-state index contributed by atoms with van der Waals surface area (Å²) in [5, 5.41) is 3.32. The van der Waals surface area contributed by atoms with Crippen LogP contribution in [0.25, 0.3) is 10.9 Å². The van der Waals surface area contributed by atoms with Crippen LogP contribution in [-0.2, 0) is 27.7 Å². The number of carbonyl (C=O) groups excluding carboxylic acids is 1. The molecular formula is C21H21ClFN3O3S. The number of aromatic nitrogens is 1. The van der Waals surface area contributed by atoms with Crippen molar-refractivity contribution in [1.82, 2.24) is 9.29 Å². The van der Waals surface area contributed by atoms with Crippen molar-refractivity contribution in [3.05, 3.63) is 58.5 Å². The molecule has 1 aliphatic rings. The first kappa shape index (κ1) is 20.8. The van der Waals surface area contributed by atoms with Crippen LogP contribution >= 0.6 is 11.6 Å². The van der Waals surface area contributed by atoms with Crippen LogP contribution in [0.15, 0.2) is 41.3 Å². The van der Waals surface area contributed by atoms with Gasteiger partial charge in [0.25, 0.3) is 0 Å². The van der Waals surface area contributed by atoms with Crippen LogP contribution in [0.4, 0.5) is 10.1 Å². The molecule has 158 valence electrons. The Hall–Kier alpha value is -2.42. The molecule has 2 N–H and O–H groups in total. The van der Waals surface area contributed by atoms with E-state index in [1.54, 1.807) is 18.2 Å². The van der Waals surface area contributed by atoms with Crippen molar-refractivity contribution >= 4 is 44.1 Å². The molecule has 3 aromatic rings. The summed E-state index contributed by atoms with van der Waals surface area (Å²) >= 11 is 5.71. The van der Waals surface area contributed by atoms with Gasteiger partial charge in [0.2, 0.25) is 15.9 Å². The monoisotopic (exact) mass is 449 g/mol. The number of halogens is 2. The Balaban J connectivity index is 1.53. The fourth-order valence-electron chi connectivity index (χ4n) is 3.79. The number of benzene rings is 2. The smallest absolute Gasteiger partial charge is 0.243 e. The zero-order valence-corrected chi connectivity index (χ0v) is 17.9. The van der Waals surface area contributed by atoms with Crippen molar-refractivity contribution in [3.63, 3.8) is 0 Å². The van der Waals surface area contributed by atoms with E-state index in [2.05, 4.69) is 10.3 Å². The van der Waals surface area contributed by atoms with Crippen LogP contribution in [0.1, 0.15) is 24.1 Å². The Morgan fingerprint density at radius 1 is 1.20 bits per heavy atom. The number of rotatable bonds is 5. The van der Waals surface area contributed by atoms with Crippen molar-refractivity contribution < 1.29 is 17.6 Å². The molecule has 1 heterocycles. The number of amides is 1. The molecule has 1 aliphatic carbocycles. The van der Waals surface area contributed by atoms with Crippen molar-refractivity contribution in [2.24, 2.45) is 0 Å². The second kappa shape index (κ2) is 8.02. The van der Waals surface area contributed by atoms with E-state index >= 15 is 0 Å². The minimum Gasteiger partial charge on any atom is -0.358 e. The van der Waals surface area contributed by atoms with Gasteiger partial charge in [-0.25, -0.2) is 12.8 Å². The minimum atomic E-state index is -3.86. The molecule has 6 nitrogen and oxygen atoms in total. The first-order valence-corrected chi connectivity index (χ1v) is 11.4. The van der Waals surface area contributed by atoms with Crippen LogP contribution in [0.5, 0.6) is 0 Å². The van der Waals surface area contributed by atoms with Gasteiger partial charge in [-0.2, -0.15) is 4.31 Å². The van der Waals surface area contributed by atoms with E-state index in [1.807, 2.05) is 0 Å². The lowest BCUT2D eigenvalue weighted by Gasteiger charge is -2.17. The van der Waals surface area contributed by atoms with E-state index in [9.17, 15) is 17.6 Å². The Morgan fingerprint density at radius 3 is 2.73 bits per heavy atom. The number of hydrogen-bond donors (Lipinski definition) is 2. The first-order chi connectivity index (χ1) is 14.3. The fourth-order valence-corrected chi connectivity index (χ4v) is 5.12. The number of nitrogens with zero attached hydrogens (tertiary/aromatic N) is 1. The second-order valence-electron chi connectivity index (χ2n) is 7.43. The number of aromatic amines is 1. The summed E-state index contributed by atoms with van der Waals surface area (Å²) in [6.45, 7) is -0.388. The maximum absolute atomic E-state index is 13.2. The van der Waals surface area contributed by atoms with Crippen LogP contribution in [-0.4, -0.2) is 37.2 Å². The van der Waals surface area contributed by atoms with Crippen molar-refractivity contribution in [3.8, 4) is 0 Å². The Bertz CT molecular complexity index is 1240. The van der Waals surface area contributed by atoms with Gasteiger partial charge in [0, 0.05) is 29.3 Å². The lowest BCUT2D eigenvalue weighted by Crippen LogP contribution is -2.35. The minimum absolute atomic E-state index is 0.128. The Labute approximate surface area is 179 Å². The van der Waals surface area contributed by atoms with E-state index in [1.165, 1.54) is 30.4 Å². The molecule has 0 spiro atoms. The fraction of sp³-hybridized carbons (Fsp3) is 0.286. The molecule has 9 heteroatoms. The SMILES string of the molecule is CN(CC(=O)Nc1ccc(F)c(Cl)c1)S(=O)(=O)c1ccc2[nH]c3c(c2c1)CCCC3. The maximum atomic E-state index is 13.2. The Morgan fingerprint density at radius 2 is 1.97 bits per heavy atom. The molecule has 0 aliphatic heterocycles. The molecule has 4 rings (SSSR count). The van der Waals surface area contributed by atoms with Gasteiger partial charge in [0.05, 0.1) is 16.5 Å². The van der Waals surface area contributed by atoms with Gasteiger partial charge in [-0.05, 0) is 67.6 Å². The zero-order valence-electron chi connectivity index (χ0n) is 16.3. The summed E-state index contributed by atoms with van der Waals surface area (Å²) in [5.74, 6) is -1.15. The molecule has 1 amide bonds. The van der Waals surface area contributed by atoms with Crippen LogP contribution in [0.2, 0.25) is 5.02 Å². The summed E-state index contributed by atoms with van der Waals surface area (Å²) in [6, 6.07) is 8.76. The van der Waals surface area contributed by atoms with Gasteiger partial charge in [0.15, 0.2) is 0 Å². The predicted molar refractivity (Wildman–Crippen MR) is 115 cm³/mol. The van der Waals surface area contributed by atoms with E-state index in [4.69, 9.17) is 11.6 Å². The summed E-state index contributed by atoms with van der Waals surface area (Å²) < 4.78 is 40.3. The van der Waals surface area contributed by atoms with Crippen molar-refractivity contribution in [1.29, 1.82) is 0 Å². The number of likely N-dealkylation sites (N-methyl/N-ethyl adjacent to an activating group) is 1. The van der Waals surface area contributed by atoms with Crippen LogP contribution in [0, 0.1) is 5.82 Å². The number of fused-ring (bicyclic) bond motifs is 3. The number of aryl methyl sites for hydroxylation is 2. The molecule has 0 atom stereocenters. The van der Waals surface area contributed by atoms with Gasteiger partial charge < -0.3 is 10.3 Å². The third-order valence-corrected chi connectivity index (χ3v) is 7.44. The number of hydrogen-bond acceptors (Lipinski definition) is 3. The quantitative estimate of drug-likeness (QED) is 0.615. The first-order valence-electron chi connectivity index (χ1n) is 9.60. The number of sulfonamides is 1. The molecule has 30 heavy (non-hydrogen) atoms. The average molecular weight is 450 g/mol. The van der Waals surface area contributed by atoms with Gasteiger partial charge in [-0.1, -0.05) is 11.6 Å². The standard InChI is InChI=1S/C21H21ClFN3O3S/c1-26(12-21(27)24-13-6-8-18(23)17(22)10-13)30(28,29)14-7-9-20-16(11-14)15-4-2-3-5-19(15)25-20/h6-11,25H,2-5,12H2,1H3,(H,24,27). The summed E-state index contributed by atoms with van der Waals surface area (Å²) in [4.78, 5) is 15.8. The molecular weight excluding hydrogens is 429 g/mol. The largest absolute Gasteiger partial charge is 0.358 e. The maximum Gasteiger partial charge on any atom is 0.243 e. The number of H-pyrrole nitrogens is 1. The van der Waals surface area contributed by atoms with Crippen molar-refractivity contribution in [2.45, 2.75) is 30.6 Å². The Kier molecular flexibility index (Phi) is 5.57.